The highest BCUT2D eigenvalue weighted by Gasteiger charge is 2.34. The van der Waals surface area contributed by atoms with Crippen molar-refractivity contribution in [1.82, 2.24) is 34.5 Å². The maximum absolute atomic E-state index is 16.8. The predicted octanol–water partition coefficient (Wildman–Crippen LogP) is 9.75. The molecule has 0 saturated carbocycles. The van der Waals surface area contributed by atoms with Gasteiger partial charge in [0.2, 0.25) is 0 Å². The van der Waals surface area contributed by atoms with Gasteiger partial charge in [-0.1, -0.05) is 17.7 Å². The van der Waals surface area contributed by atoms with E-state index in [4.69, 9.17) is 36.0 Å². The average molecular weight is 897 g/mol. The van der Waals surface area contributed by atoms with Crippen LogP contribution in [0.25, 0.3) is 39.4 Å². The Hall–Kier alpha value is -6.22. The zero-order valence-electron chi connectivity index (χ0n) is 37.5. The van der Waals surface area contributed by atoms with Crippen LogP contribution in [0.2, 0.25) is 5.02 Å². The van der Waals surface area contributed by atoms with Crippen molar-refractivity contribution in [2.75, 3.05) is 47.9 Å². The highest BCUT2D eigenvalue weighted by atomic mass is 35.5. The summed E-state index contributed by atoms with van der Waals surface area (Å²) in [5.74, 6) is 1.24. The van der Waals surface area contributed by atoms with Crippen LogP contribution in [0.5, 0.6) is 0 Å². The second-order valence-corrected chi connectivity index (χ2v) is 18.6. The van der Waals surface area contributed by atoms with Gasteiger partial charge in [-0.05, 0) is 111 Å². The molecule has 8 heterocycles. The first-order valence-electron chi connectivity index (χ1n) is 21.9. The monoisotopic (exact) mass is 896 g/mol. The molecule has 0 spiro atoms. The lowest BCUT2D eigenvalue weighted by atomic mass is 9.87. The van der Waals surface area contributed by atoms with Crippen LogP contribution in [0.4, 0.5) is 26.2 Å². The number of halogens is 3. The minimum Gasteiger partial charge on any atom is -0.370 e. The molecule has 1 N–H and O–H groups in total. The van der Waals surface area contributed by atoms with Crippen molar-refractivity contribution >= 4 is 46.0 Å². The Labute approximate surface area is 381 Å². The highest BCUT2D eigenvalue weighted by Crippen LogP contribution is 2.42. The standard InChI is InChI=1S/C50H51ClF2N10O2/c1-28-14-32-18-45(62-12-13-64-43(26-62)33-21-54-60(6)23-33)57-48(47(32)56-30(28)3)38-10-8-31(17-41(38)52)16-36-25-63(27-44(65-36)34-22-55-61(7)24-34)46-20-39(37-11-9-35(51)19-42(37)53)40-15-29(2)50(4,5)59-49(40)58-46/h8-11,14-15,17-24,36,43-44H,12-13,16,25-27H2,1-7H3,(H,58,59)/t36?,43?,44-/m0/s1. The number of aryl methyl sites for hydroxylation is 4. The van der Waals surface area contributed by atoms with Crippen LogP contribution < -0.4 is 15.1 Å². The van der Waals surface area contributed by atoms with Crippen LogP contribution in [0.3, 0.4) is 0 Å². The van der Waals surface area contributed by atoms with E-state index in [-0.39, 0.29) is 23.9 Å². The van der Waals surface area contributed by atoms with Crippen LogP contribution in [0.1, 0.15) is 66.5 Å². The fourth-order valence-electron chi connectivity index (χ4n) is 9.12. The van der Waals surface area contributed by atoms with Crippen molar-refractivity contribution in [3.63, 3.8) is 0 Å². The molecular formula is C50H51ClF2N10O2. The molecule has 7 aromatic rings. The summed E-state index contributed by atoms with van der Waals surface area (Å²) >= 11 is 6.22. The Kier molecular flexibility index (Phi) is 10.9. The van der Waals surface area contributed by atoms with Gasteiger partial charge in [0.25, 0.3) is 0 Å². The quantitative estimate of drug-likeness (QED) is 0.158. The molecule has 334 valence electrons. The molecule has 65 heavy (non-hydrogen) atoms. The van der Waals surface area contributed by atoms with Gasteiger partial charge in [-0.15, -0.1) is 0 Å². The Morgan fingerprint density at radius 1 is 0.785 bits per heavy atom. The van der Waals surface area contributed by atoms with Crippen LogP contribution in [-0.2, 0) is 30.0 Å². The van der Waals surface area contributed by atoms with E-state index in [2.05, 4.69) is 58.2 Å². The third-order valence-electron chi connectivity index (χ3n) is 13.1. The molecule has 0 aliphatic carbocycles. The number of fused-ring (bicyclic) bond motifs is 2. The van der Waals surface area contributed by atoms with E-state index in [1.165, 1.54) is 6.07 Å². The van der Waals surface area contributed by atoms with E-state index in [1.807, 2.05) is 77.0 Å². The average Bonchev–Trinajstić information content (AvgIpc) is 3.92. The fourth-order valence-corrected chi connectivity index (χ4v) is 9.28. The number of hydrogen-bond donors (Lipinski definition) is 1. The van der Waals surface area contributed by atoms with Gasteiger partial charge in [-0.2, -0.15) is 10.2 Å². The summed E-state index contributed by atoms with van der Waals surface area (Å²) in [5, 5.41) is 13.6. The third kappa shape index (κ3) is 8.34. The molecule has 3 atom stereocenters. The number of hydrogen-bond acceptors (Lipinski definition) is 10. The number of pyridine rings is 3. The molecule has 5 aromatic heterocycles. The first kappa shape index (κ1) is 42.7. The molecule has 15 heteroatoms. The predicted molar refractivity (Wildman–Crippen MR) is 251 cm³/mol. The Morgan fingerprint density at radius 2 is 1.49 bits per heavy atom. The van der Waals surface area contributed by atoms with Gasteiger partial charge < -0.3 is 24.6 Å². The van der Waals surface area contributed by atoms with Crippen LogP contribution in [-0.4, -0.2) is 78.9 Å². The molecule has 3 aliphatic heterocycles. The first-order chi connectivity index (χ1) is 31.1. The second kappa shape index (κ2) is 16.6. The van der Waals surface area contributed by atoms with Gasteiger partial charge in [0.15, 0.2) is 0 Å². The Bertz CT molecular complexity index is 3020. The number of ether oxygens (including phenoxy) is 2. The van der Waals surface area contributed by atoms with Crippen molar-refractivity contribution in [3.05, 3.63) is 135 Å². The van der Waals surface area contributed by atoms with Crippen molar-refractivity contribution in [2.45, 2.75) is 64.9 Å². The van der Waals surface area contributed by atoms with Gasteiger partial charge in [0.1, 0.15) is 47.0 Å². The zero-order valence-corrected chi connectivity index (χ0v) is 38.3. The minimum atomic E-state index is -0.419. The molecule has 2 fully saturated rings. The van der Waals surface area contributed by atoms with Crippen molar-refractivity contribution in [2.24, 2.45) is 14.1 Å². The summed E-state index contributed by atoms with van der Waals surface area (Å²) in [6.07, 6.45) is 9.13. The van der Waals surface area contributed by atoms with Gasteiger partial charge >= 0.3 is 0 Å². The summed E-state index contributed by atoms with van der Waals surface area (Å²) in [7, 11) is 3.76. The number of aromatic nitrogens is 7. The lowest BCUT2D eigenvalue weighted by Crippen LogP contribution is -2.45. The summed E-state index contributed by atoms with van der Waals surface area (Å²) in [4.78, 5) is 19.7. The summed E-state index contributed by atoms with van der Waals surface area (Å²) in [5.41, 5.74) is 8.73. The number of rotatable bonds is 8. The maximum atomic E-state index is 16.8. The molecule has 0 radical (unpaired) electrons. The van der Waals surface area contributed by atoms with Crippen molar-refractivity contribution in [1.29, 1.82) is 0 Å². The zero-order chi connectivity index (χ0) is 45.3. The molecule has 3 aliphatic rings. The Morgan fingerprint density at radius 3 is 2.22 bits per heavy atom. The SMILES string of the molecule is CC1=Cc2c(-c3ccc(Cl)cc3F)cc(N3CC(Cc4ccc(-c5nc(N6CCOC(c7cnn(C)c7)C6)cc6cc(C)c(C)nc56)c(F)c4)O[C@H](c4cnn(C)c4)C3)nc2NC1(C)C. The van der Waals surface area contributed by atoms with E-state index >= 15 is 8.78 Å². The number of nitrogens with one attached hydrogen (secondary N) is 1. The largest absolute Gasteiger partial charge is 0.370 e. The normalized spacial score (nSPS) is 19.6. The molecule has 2 aromatic carbocycles. The molecule has 10 rings (SSSR count). The fraction of sp³-hybridized carbons (Fsp3) is 0.340. The molecule has 2 unspecified atom stereocenters. The van der Waals surface area contributed by atoms with Crippen LogP contribution in [0.15, 0.2) is 85.0 Å². The van der Waals surface area contributed by atoms with Crippen molar-refractivity contribution < 1.29 is 18.3 Å². The summed E-state index contributed by atoms with van der Waals surface area (Å²) in [6, 6.07) is 16.2. The van der Waals surface area contributed by atoms with E-state index in [0.29, 0.717) is 83.8 Å². The lowest BCUT2D eigenvalue weighted by Gasteiger charge is -2.40. The number of nitrogens with zero attached hydrogens (tertiary/aromatic N) is 9. The maximum Gasteiger partial charge on any atom is 0.137 e. The third-order valence-corrected chi connectivity index (χ3v) is 13.3. The lowest BCUT2D eigenvalue weighted by molar-refractivity contribution is -0.0271. The smallest absolute Gasteiger partial charge is 0.137 e. The highest BCUT2D eigenvalue weighted by molar-refractivity contribution is 6.30. The topological polar surface area (TPSA) is 111 Å². The number of morpholine rings is 2. The van der Waals surface area contributed by atoms with Gasteiger partial charge in [-0.25, -0.2) is 18.7 Å². The van der Waals surface area contributed by atoms with Crippen LogP contribution >= 0.6 is 11.6 Å². The van der Waals surface area contributed by atoms with E-state index in [0.717, 1.165) is 50.3 Å². The first-order valence-corrected chi connectivity index (χ1v) is 22.3. The van der Waals surface area contributed by atoms with Gasteiger partial charge in [-0.3, -0.25) is 14.3 Å². The number of benzene rings is 2. The van der Waals surface area contributed by atoms with E-state index in [9.17, 15) is 0 Å². The van der Waals surface area contributed by atoms with Gasteiger partial charge in [0, 0.05) is 96.5 Å². The summed E-state index contributed by atoms with van der Waals surface area (Å²) in [6.45, 7) is 12.9. The molecule has 0 bridgehead atoms. The Balaban J connectivity index is 0.988. The molecule has 0 amide bonds. The molecule has 2 saturated heterocycles. The van der Waals surface area contributed by atoms with Crippen LogP contribution in [0, 0.1) is 25.5 Å². The second-order valence-electron chi connectivity index (χ2n) is 18.2. The number of anilines is 3. The molecule has 12 nitrogen and oxygen atoms in total. The minimum absolute atomic E-state index is 0.176. The summed E-state index contributed by atoms with van der Waals surface area (Å²) < 4.78 is 49.1. The molecular weight excluding hydrogens is 846 g/mol. The van der Waals surface area contributed by atoms with Crippen molar-refractivity contribution in [3.8, 4) is 22.4 Å². The van der Waals surface area contributed by atoms with E-state index in [1.54, 1.807) is 27.6 Å². The van der Waals surface area contributed by atoms with Gasteiger partial charge in [0.05, 0.1) is 42.7 Å². The van der Waals surface area contributed by atoms with E-state index < -0.39 is 11.6 Å².